The number of hydrogen-bond donors (Lipinski definition) is 3. The maximum atomic E-state index is 14.2. The lowest BCUT2D eigenvalue weighted by atomic mass is 9.92. The van der Waals surface area contributed by atoms with Gasteiger partial charge in [0.2, 0.25) is 0 Å². The highest BCUT2D eigenvalue weighted by Gasteiger charge is 2.57. The molecule has 4 N–H and O–H groups in total. The Morgan fingerprint density at radius 3 is 2.19 bits per heavy atom. The van der Waals surface area contributed by atoms with E-state index in [0.717, 1.165) is 16.7 Å². The molecule has 228 valence electrons. The van der Waals surface area contributed by atoms with Gasteiger partial charge in [0, 0.05) is 12.1 Å². The van der Waals surface area contributed by atoms with Gasteiger partial charge in [-0.15, -0.1) is 0 Å². The van der Waals surface area contributed by atoms with Crippen LogP contribution in [-0.2, 0) is 24.3 Å². The summed E-state index contributed by atoms with van der Waals surface area (Å²) < 4.78 is 34.0. The average molecular weight is 608 g/mol. The van der Waals surface area contributed by atoms with Crippen LogP contribution in [0.2, 0.25) is 0 Å². The molecule has 4 rings (SSSR count). The molecule has 1 aliphatic heterocycles. The van der Waals surface area contributed by atoms with Crippen LogP contribution < -0.4 is 11.1 Å². The SMILES string of the molecule is Cc1ccc(S(=O)(=O)N(C(=O)[C@H](CN)NC(=O)c2cccc(-c3ccccc3)c2)C(CC(C)C)C(=O)C2(CO)CO2)cc1. The molecule has 3 aromatic carbocycles. The molecule has 11 heteroatoms. The smallest absolute Gasteiger partial charge is 0.267 e. The van der Waals surface area contributed by atoms with Crippen molar-refractivity contribution in [3.05, 3.63) is 90.0 Å². The number of epoxide rings is 1. The van der Waals surface area contributed by atoms with Gasteiger partial charge in [0.05, 0.1) is 18.1 Å². The zero-order chi connectivity index (χ0) is 31.4. The number of nitrogens with one attached hydrogen (secondary N) is 1. The van der Waals surface area contributed by atoms with Crippen molar-refractivity contribution in [2.45, 2.75) is 49.8 Å². The molecule has 0 saturated carbocycles. The Labute approximate surface area is 251 Å². The van der Waals surface area contributed by atoms with Gasteiger partial charge in [-0.2, -0.15) is 0 Å². The van der Waals surface area contributed by atoms with Gasteiger partial charge in [0.15, 0.2) is 11.4 Å². The Hall–Kier alpha value is -3.90. The summed E-state index contributed by atoms with van der Waals surface area (Å²) in [6.45, 7) is 4.14. The number of amides is 2. The Kier molecular flexibility index (Phi) is 9.81. The van der Waals surface area contributed by atoms with E-state index in [-0.39, 0.29) is 29.4 Å². The van der Waals surface area contributed by atoms with Crippen LogP contribution >= 0.6 is 0 Å². The molecule has 0 radical (unpaired) electrons. The van der Waals surface area contributed by atoms with Gasteiger partial charge in [0.25, 0.3) is 21.8 Å². The number of carbonyl (C=O) groups excluding carboxylic acids is 3. The minimum absolute atomic E-state index is 0.0366. The van der Waals surface area contributed by atoms with E-state index in [1.54, 1.807) is 51.1 Å². The summed E-state index contributed by atoms with van der Waals surface area (Å²) in [5.41, 5.74) is 7.04. The molecule has 3 aromatic rings. The van der Waals surface area contributed by atoms with E-state index in [2.05, 4.69) is 5.32 Å². The number of aliphatic hydroxyl groups excluding tert-OH is 1. The highest BCUT2D eigenvalue weighted by molar-refractivity contribution is 7.89. The predicted octanol–water partition coefficient (Wildman–Crippen LogP) is 2.68. The second-order valence-electron chi connectivity index (χ2n) is 11.1. The first-order chi connectivity index (χ1) is 20.4. The third kappa shape index (κ3) is 7.02. The van der Waals surface area contributed by atoms with E-state index < -0.39 is 58.5 Å². The van der Waals surface area contributed by atoms with Crippen LogP contribution in [0.4, 0.5) is 0 Å². The standard InChI is InChI=1S/C32H37N3O7S/c1-21(2)16-28(29(37)32(19-36)20-42-32)35(43(40,41)26-14-12-22(3)13-15-26)31(39)27(18-33)34-30(38)25-11-7-10-24(17-25)23-8-5-4-6-9-23/h4-15,17,21,27-28,36H,16,18-20,33H2,1-3H3,(H,34,38)/t27-,28?,32?/m0/s1. The van der Waals surface area contributed by atoms with Gasteiger partial charge < -0.3 is 20.9 Å². The van der Waals surface area contributed by atoms with Crippen molar-refractivity contribution in [3.8, 4) is 11.1 Å². The zero-order valence-corrected chi connectivity index (χ0v) is 25.2. The number of benzene rings is 3. The number of aryl methyl sites for hydroxylation is 1. The molecule has 1 heterocycles. The average Bonchev–Trinajstić information content (AvgIpc) is 3.81. The third-order valence-electron chi connectivity index (χ3n) is 7.34. The molecule has 0 aliphatic carbocycles. The number of ketones is 1. The Bertz CT molecular complexity index is 1570. The highest BCUT2D eigenvalue weighted by atomic mass is 32.2. The molecular weight excluding hydrogens is 570 g/mol. The van der Waals surface area contributed by atoms with Crippen molar-refractivity contribution in [2.75, 3.05) is 19.8 Å². The van der Waals surface area contributed by atoms with Crippen LogP contribution in [0.1, 0.15) is 36.2 Å². The molecule has 0 bridgehead atoms. The number of rotatable bonds is 13. The van der Waals surface area contributed by atoms with E-state index in [4.69, 9.17) is 10.5 Å². The maximum absolute atomic E-state index is 14.2. The first kappa shape index (κ1) is 32.0. The molecule has 2 unspecified atom stereocenters. The molecule has 0 spiro atoms. The molecule has 1 saturated heterocycles. The first-order valence-electron chi connectivity index (χ1n) is 14.0. The van der Waals surface area contributed by atoms with Gasteiger partial charge in [-0.3, -0.25) is 14.4 Å². The van der Waals surface area contributed by atoms with Crippen LogP contribution in [0, 0.1) is 12.8 Å². The van der Waals surface area contributed by atoms with Crippen molar-refractivity contribution in [1.82, 2.24) is 9.62 Å². The number of sulfonamides is 1. The number of ether oxygens (including phenoxy) is 1. The number of nitrogens with zero attached hydrogens (tertiary/aromatic N) is 1. The molecule has 43 heavy (non-hydrogen) atoms. The maximum Gasteiger partial charge on any atom is 0.267 e. The lowest BCUT2D eigenvalue weighted by Crippen LogP contribution is -2.60. The predicted molar refractivity (Wildman–Crippen MR) is 161 cm³/mol. The molecule has 2 amide bonds. The van der Waals surface area contributed by atoms with E-state index in [1.807, 2.05) is 36.4 Å². The lowest BCUT2D eigenvalue weighted by molar-refractivity contribution is -0.138. The van der Waals surface area contributed by atoms with Crippen LogP contribution in [0.3, 0.4) is 0 Å². The van der Waals surface area contributed by atoms with Crippen molar-refractivity contribution in [3.63, 3.8) is 0 Å². The number of Topliss-reactive ketones (excluding diaryl/α,β-unsaturated/α-hetero) is 1. The Balaban J connectivity index is 1.73. The van der Waals surface area contributed by atoms with Gasteiger partial charge in [-0.05, 0) is 54.7 Å². The molecular formula is C32H37N3O7S. The normalized spacial score (nSPS) is 17.6. The fraction of sp³-hybridized carbons (Fsp3) is 0.344. The Morgan fingerprint density at radius 1 is 1.00 bits per heavy atom. The summed E-state index contributed by atoms with van der Waals surface area (Å²) >= 11 is 0. The summed E-state index contributed by atoms with van der Waals surface area (Å²) in [5.74, 6) is -2.66. The van der Waals surface area contributed by atoms with Crippen LogP contribution in [0.25, 0.3) is 11.1 Å². The summed E-state index contributed by atoms with van der Waals surface area (Å²) in [6.07, 6.45) is -0.0366. The summed E-state index contributed by atoms with van der Waals surface area (Å²) in [7, 11) is -4.63. The van der Waals surface area contributed by atoms with Crippen LogP contribution in [0.15, 0.2) is 83.8 Å². The number of aliphatic hydroxyl groups is 1. The summed E-state index contributed by atoms with van der Waals surface area (Å²) in [5, 5.41) is 12.5. The van der Waals surface area contributed by atoms with Crippen LogP contribution in [0.5, 0.6) is 0 Å². The van der Waals surface area contributed by atoms with E-state index >= 15 is 0 Å². The molecule has 1 fully saturated rings. The van der Waals surface area contributed by atoms with Gasteiger partial charge >= 0.3 is 0 Å². The van der Waals surface area contributed by atoms with E-state index in [1.165, 1.54) is 12.1 Å². The highest BCUT2D eigenvalue weighted by Crippen LogP contribution is 2.34. The van der Waals surface area contributed by atoms with Crippen molar-refractivity contribution >= 4 is 27.6 Å². The lowest BCUT2D eigenvalue weighted by Gasteiger charge is -2.34. The number of hydrogen-bond acceptors (Lipinski definition) is 8. The fourth-order valence-corrected chi connectivity index (χ4v) is 6.40. The second-order valence-corrected chi connectivity index (χ2v) is 12.9. The van der Waals surface area contributed by atoms with E-state index in [9.17, 15) is 27.9 Å². The van der Waals surface area contributed by atoms with Crippen molar-refractivity contribution < 1.29 is 32.6 Å². The van der Waals surface area contributed by atoms with Gasteiger partial charge in [-0.25, -0.2) is 12.7 Å². The minimum Gasteiger partial charge on any atom is -0.393 e. The van der Waals surface area contributed by atoms with Gasteiger partial charge in [-0.1, -0.05) is 74.0 Å². The first-order valence-corrected chi connectivity index (χ1v) is 15.5. The summed E-state index contributed by atoms with van der Waals surface area (Å²) in [6, 6.07) is 19.0. The molecule has 0 aromatic heterocycles. The molecule has 3 atom stereocenters. The molecule has 1 aliphatic rings. The molecule has 10 nitrogen and oxygen atoms in total. The van der Waals surface area contributed by atoms with Gasteiger partial charge in [0.1, 0.15) is 12.1 Å². The zero-order valence-electron chi connectivity index (χ0n) is 24.4. The summed E-state index contributed by atoms with van der Waals surface area (Å²) in [4.78, 5) is 41.1. The van der Waals surface area contributed by atoms with E-state index in [0.29, 0.717) is 4.31 Å². The number of carbonyl (C=O) groups is 3. The topological polar surface area (TPSA) is 159 Å². The van der Waals surface area contributed by atoms with Crippen LogP contribution in [-0.4, -0.2) is 72.9 Å². The largest absolute Gasteiger partial charge is 0.393 e. The van der Waals surface area contributed by atoms with Crippen molar-refractivity contribution in [2.24, 2.45) is 11.7 Å². The van der Waals surface area contributed by atoms with Crippen molar-refractivity contribution in [1.29, 1.82) is 0 Å². The minimum atomic E-state index is -4.63. The Morgan fingerprint density at radius 2 is 1.63 bits per heavy atom. The number of nitrogens with two attached hydrogens (primary N) is 1. The quantitative estimate of drug-likeness (QED) is 0.250. The monoisotopic (exact) mass is 607 g/mol. The second kappa shape index (κ2) is 13.2. The fourth-order valence-electron chi connectivity index (χ4n) is 4.81. The third-order valence-corrected chi connectivity index (χ3v) is 9.16.